The number of rotatable bonds is 4. The van der Waals surface area contributed by atoms with Crippen molar-refractivity contribution in [1.29, 1.82) is 0 Å². The van der Waals surface area contributed by atoms with Gasteiger partial charge in [0.15, 0.2) is 0 Å². The zero-order chi connectivity index (χ0) is 11.5. The lowest BCUT2D eigenvalue weighted by Crippen LogP contribution is -2.48. The summed E-state index contributed by atoms with van der Waals surface area (Å²) in [5.41, 5.74) is -0.228. The number of carbonyl (C=O) groups excluding carboxylic acids is 1. The van der Waals surface area contributed by atoms with Gasteiger partial charge in [-0.2, -0.15) is 0 Å². The first kappa shape index (κ1) is 13.5. The molecule has 14 heavy (non-hydrogen) atoms. The molecule has 0 aromatic carbocycles. The Balaban J connectivity index is 4.78. The van der Waals surface area contributed by atoms with E-state index in [0.717, 1.165) is 6.42 Å². The minimum atomic E-state index is -0.228. The van der Waals surface area contributed by atoms with Crippen LogP contribution in [0.1, 0.15) is 54.9 Å². The third-order valence-electron chi connectivity index (χ3n) is 2.81. The highest BCUT2D eigenvalue weighted by Gasteiger charge is 2.32. The molecule has 0 saturated carbocycles. The number of amides is 1. The molecule has 0 fully saturated rings. The van der Waals surface area contributed by atoms with E-state index >= 15 is 0 Å². The standard InChI is InChI=1S/C12H25NO/c1-8-12(6,7)11(14)13(9(2)3)10(4)5/h9-10H,8H2,1-7H3. The fraction of sp³-hybridized carbons (Fsp3) is 0.917. The monoisotopic (exact) mass is 199 g/mol. The summed E-state index contributed by atoms with van der Waals surface area (Å²) in [5, 5.41) is 0. The fourth-order valence-corrected chi connectivity index (χ4v) is 1.57. The van der Waals surface area contributed by atoms with Crippen molar-refractivity contribution >= 4 is 5.91 Å². The Labute approximate surface area is 88.7 Å². The van der Waals surface area contributed by atoms with Crippen LogP contribution in [-0.2, 0) is 4.79 Å². The summed E-state index contributed by atoms with van der Waals surface area (Å²) in [4.78, 5) is 14.2. The second-order valence-corrected chi connectivity index (χ2v) is 5.14. The van der Waals surface area contributed by atoms with E-state index in [2.05, 4.69) is 34.6 Å². The second-order valence-electron chi connectivity index (χ2n) is 5.14. The molecule has 0 aromatic heterocycles. The van der Waals surface area contributed by atoms with Gasteiger partial charge >= 0.3 is 0 Å². The van der Waals surface area contributed by atoms with Crippen LogP contribution in [0.4, 0.5) is 0 Å². The van der Waals surface area contributed by atoms with Crippen LogP contribution < -0.4 is 0 Å². The predicted molar refractivity (Wildman–Crippen MR) is 61.2 cm³/mol. The molecular formula is C12H25NO. The van der Waals surface area contributed by atoms with Crippen LogP contribution in [0.25, 0.3) is 0 Å². The SMILES string of the molecule is CCC(C)(C)C(=O)N(C(C)C)C(C)C. The fourth-order valence-electron chi connectivity index (χ4n) is 1.57. The molecular weight excluding hydrogens is 174 g/mol. The van der Waals surface area contributed by atoms with Crippen molar-refractivity contribution in [2.45, 2.75) is 67.0 Å². The van der Waals surface area contributed by atoms with E-state index in [1.807, 2.05) is 18.7 Å². The maximum atomic E-state index is 12.2. The van der Waals surface area contributed by atoms with E-state index in [4.69, 9.17) is 0 Å². The molecule has 0 aliphatic heterocycles. The van der Waals surface area contributed by atoms with Crippen molar-refractivity contribution in [2.75, 3.05) is 0 Å². The van der Waals surface area contributed by atoms with Gasteiger partial charge in [0.05, 0.1) is 0 Å². The highest BCUT2D eigenvalue weighted by atomic mass is 16.2. The van der Waals surface area contributed by atoms with Crippen molar-refractivity contribution in [2.24, 2.45) is 5.41 Å². The smallest absolute Gasteiger partial charge is 0.228 e. The zero-order valence-corrected chi connectivity index (χ0v) is 10.7. The summed E-state index contributed by atoms with van der Waals surface area (Å²) in [6.07, 6.45) is 0.891. The summed E-state index contributed by atoms with van der Waals surface area (Å²) < 4.78 is 0. The van der Waals surface area contributed by atoms with Crippen LogP contribution in [0.3, 0.4) is 0 Å². The average molecular weight is 199 g/mol. The molecule has 84 valence electrons. The third-order valence-corrected chi connectivity index (χ3v) is 2.81. The number of nitrogens with zero attached hydrogens (tertiary/aromatic N) is 1. The molecule has 0 N–H and O–H groups in total. The van der Waals surface area contributed by atoms with Crippen LogP contribution in [0.15, 0.2) is 0 Å². The van der Waals surface area contributed by atoms with Gasteiger partial charge in [0.2, 0.25) is 5.91 Å². The summed E-state index contributed by atoms with van der Waals surface area (Å²) >= 11 is 0. The van der Waals surface area contributed by atoms with Crippen molar-refractivity contribution in [3.8, 4) is 0 Å². The molecule has 1 amide bonds. The first-order chi connectivity index (χ1) is 6.24. The van der Waals surface area contributed by atoms with E-state index in [1.165, 1.54) is 0 Å². The summed E-state index contributed by atoms with van der Waals surface area (Å²) in [7, 11) is 0. The Bertz CT molecular complexity index is 186. The van der Waals surface area contributed by atoms with Gasteiger partial charge in [0.25, 0.3) is 0 Å². The minimum Gasteiger partial charge on any atom is -0.337 e. The molecule has 0 rings (SSSR count). The van der Waals surface area contributed by atoms with Gasteiger partial charge in [-0.05, 0) is 34.1 Å². The minimum absolute atomic E-state index is 0.228. The van der Waals surface area contributed by atoms with E-state index in [9.17, 15) is 4.79 Å². The van der Waals surface area contributed by atoms with Crippen molar-refractivity contribution < 1.29 is 4.79 Å². The molecule has 0 aliphatic carbocycles. The van der Waals surface area contributed by atoms with Crippen molar-refractivity contribution in [3.63, 3.8) is 0 Å². The van der Waals surface area contributed by atoms with Crippen LogP contribution in [0.2, 0.25) is 0 Å². The lowest BCUT2D eigenvalue weighted by atomic mass is 9.87. The van der Waals surface area contributed by atoms with Crippen LogP contribution in [0, 0.1) is 5.41 Å². The van der Waals surface area contributed by atoms with E-state index in [-0.39, 0.29) is 23.4 Å². The normalized spacial score (nSPS) is 12.4. The second kappa shape index (κ2) is 4.81. The quantitative estimate of drug-likeness (QED) is 0.681. The van der Waals surface area contributed by atoms with Gasteiger partial charge in [-0.1, -0.05) is 20.8 Å². The third kappa shape index (κ3) is 3.00. The number of carbonyl (C=O) groups is 1. The number of hydrogen-bond acceptors (Lipinski definition) is 1. The summed E-state index contributed by atoms with van der Waals surface area (Å²) in [6, 6.07) is 0.571. The number of hydrogen-bond donors (Lipinski definition) is 0. The van der Waals surface area contributed by atoms with Crippen LogP contribution in [-0.4, -0.2) is 22.9 Å². The molecule has 0 spiro atoms. The largest absolute Gasteiger partial charge is 0.337 e. The van der Waals surface area contributed by atoms with E-state index in [1.54, 1.807) is 0 Å². The molecule has 0 aliphatic rings. The lowest BCUT2D eigenvalue weighted by Gasteiger charge is -2.37. The zero-order valence-electron chi connectivity index (χ0n) is 10.7. The Morgan fingerprint density at radius 3 is 1.71 bits per heavy atom. The molecule has 0 atom stereocenters. The highest BCUT2D eigenvalue weighted by Crippen LogP contribution is 2.25. The topological polar surface area (TPSA) is 20.3 Å². The van der Waals surface area contributed by atoms with E-state index in [0.29, 0.717) is 0 Å². The van der Waals surface area contributed by atoms with Gasteiger partial charge in [-0.3, -0.25) is 4.79 Å². The Hall–Kier alpha value is -0.530. The van der Waals surface area contributed by atoms with Crippen LogP contribution in [0.5, 0.6) is 0 Å². The predicted octanol–water partition coefficient (Wildman–Crippen LogP) is 3.07. The molecule has 0 saturated heterocycles. The molecule has 0 radical (unpaired) electrons. The van der Waals surface area contributed by atoms with Gasteiger partial charge in [-0.25, -0.2) is 0 Å². The average Bonchev–Trinajstić information content (AvgIpc) is 2.02. The van der Waals surface area contributed by atoms with Gasteiger partial charge in [-0.15, -0.1) is 0 Å². The Morgan fingerprint density at radius 2 is 1.50 bits per heavy atom. The maximum Gasteiger partial charge on any atom is 0.228 e. The van der Waals surface area contributed by atoms with Gasteiger partial charge in [0.1, 0.15) is 0 Å². The summed E-state index contributed by atoms with van der Waals surface area (Å²) in [6.45, 7) is 14.4. The van der Waals surface area contributed by atoms with Gasteiger partial charge in [0, 0.05) is 17.5 Å². The Morgan fingerprint density at radius 1 is 1.14 bits per heavy atom. The molecule has 2 heteroatoms. The molecule has 0 unspecified atom stereocenters. The van der Waals surface area contributed by atoms with Crippen molar-refractivity contribution in [3.05, 3.63) is 0 Å². The summed E-state index contributed by atoms with van der Waals surface area (Å²) in [5.74, 6) is 0.269. The molecule has 0 aromatic rings. The van der Waals surface area contributed by atoms with Crippen LogP contribution >= 0.6 is 0 Å². The maximum absolute atomic E-state index is 12.2. The lowest BCUT2D eigenvalue weighted by molar-refractivity contribution is -0.144. The van der Waals surface area contributed by atoms with Gasteiger partial charge < -0.3 is 4.90 Å². The molecule has 2 nitrogen and oxygen atoms in total. The highest BCUT2D eigenvalue weighted by molar-refractivity contribution is 5.82. The molecule has 0 heterocycles. The first-order valence-electron chi connectivity index (χ1n) is 5.56. The molecule has 0 bridgehead atoms. The van der Waals surface area contributed by atoms with Crippen molar-refractivity contribution in [1.82, 2.24) is 4.90 Å². The van der Waals surface area contributed by atoms with E-state index < -0.39 is 0 Å². The Kier molecular flexibility index (Phi) is 4.63. The first-order valence-corrected chi connectivity index (χ1v) is 5.56.